The quantitative estimate of drug-likeness (QED) is 0.614. The number of aromatic hydroxyl groups is 3. The second-order valence-electron chi connectivity index (χ2n) is 5.94. The van der Waals surface area contributed by atoms with Gasteiger partial charge in [0.05, 0.1) is 11.3 Å². The molecule has 0 bridgehead atoms. The average molecular weight is 357 g/mol. The number of thioether (sulfide) groups is 1. The van der Waals surface area contributed by atoms with Crippen LogP contribution in [0, 0.1) is 0 Å². The molecule has 3 aromatic rings. The van der Waals surface area contributed by atoms with Crippen LogP contribution >= 0.6 is 11.8 Å². The molecule has 0 spiro atoms. The molecule has 3 N–H and O–H groups in total. The molecular weight excluding hydrogens is 338 g/mol. The standard InChI is InChI=1S/C18H19N3O3S/c1-10(2)13-8-14(16(24)9-15(13)23)17-19-20-18(25-3)21(17)11-4-6-12(22)7-5-11/h4-10,22-24H,1-3H3. The molecule has 0 saturated carbocycles. The summed E-state index contributed by atoms with van der Waals surface area (Å²) in [6.07, 6.45) is 1.89. The summed E-state index contributed by atoms with van der Waals surface area (Å²) < 4.78 is 1.81. The van der Waals surface area contributed by atoms with E-state index in [2.05, 4.69) is 10.2 Å². The van der Waals surface area contributed by atoms with E-state index < -0.39 is 0 Å². The van der Waals surface area contributed by atoms with Crippen molar-refractivity contribution in [2.24, 2.45) is 0 Å². The van der Waals surface area contributed by atoms with Gasteiger partial charge < -0.3 is 15.3 Å². The van der Waals surface area contributed by atoms with Gasteiger partial charge in [-0.25, -0.2) is 0 Å². The predicted molar refractivity (Wildman–Crippen MR) is 97.7 cm³/mol. The molecule has 0 aliphatic heterocycles. The fraction of sp³-hybridized carbons (Fsp3) is 0.222. The smallest absolute Gasteiger partial charge is 0.195 e. The fourth-order valence-electron chi connectivity index (χ4n) is 2.65. The Morgan fingerprint density at radius 3 is 2.24 bits per heavy atom. The third kappa shape index (κ3) is 3.15. The van der Waals surface area contributed by atoms with Crippen LogP contribution < -0.4 is 0 Å². The summed E-state index contributed by atoms with van der Waals surface area (Å²) in [6, 6.07) is 9.74. The summed E-state index contributed by atoms with van der Waals surface area (Å²) in [7, 11) is 0. The van der Waals surface area contributed by atoms with Gasteiger partial charge in [0.2, 0.25) is 0 Å². The Hall–Kier alpha value is -2.67. The van der Waals surface area contributed by atoms with Crippen LogP contribution in [0.15, 0.2) is 41.6 Å². The molecule has 7 heteroatoms. The number of rotatable bonds is 4. The van der Waals surface area contributed by atoms with Crippen molar-refractivity contribution < 1.29 is 15.3 Å². The van der Waals surface area contributed by atoms with E-state index >= 15 is 0 Å². The van der Waals surface area contributed by atoms with Crippen LogP contribution in [-0.4, -0.2) is 36.3 Å². The summed E-state index contributed by atoms with van der Waals surface area (Å²) in [5, 5.41) is 39.0. The SMILES string of the molecule is CSc1nnc(-c2cc(C(C)C)c(O)cc2O)n1-c1ccc(O)cc1. The van der Waals surface area contributed by atoms with Crippen molar-refractivity contribution in [1.29, 1.82) is 0 Å². The van der Waals surface area contributed by atoms with Crippen molar-refractivity contribution in [3.8, 4) is 34.3 Å². The van der Waals surface area contributed by atoms with Crippen molar-refractivity contribution in [3.63, 3.8) is 0 Å². The van der Waals surface area contributed by atoms with Crippen molar-refractivity contribution >= 4 is 11.8 Å². The Morgan fingerprint density at radius 1 is 0.960 bits per heavy atom. The molecule has 0 aliphatic rings. The van der Waals surface area contributed by atoms with Gasteiger partial charge >= 0.3 is 0 Å². The molecule has 0 unspecified atom stereocenters. The van der Waals surface area contributed by atoms with E-state index in [9.17, 15) is 15.3 Å². The summed E-state index contributed by atoms with van der Waals surface area (Å²) in [6.45, 7) is 3.93. The molecule has 130 valence electrons. The molecule has 1 heterocycles. The molecule has 0 atom stereocenters. The molecule has 25 heavy (non-hydrogen) atoms. The summed E-state index contributed by atoms with van der Waals surface area (Å²) in [4.78, 5) is 0. The molecule has 0 saturated heterocycles. The van der Waals surface area contributed by atoms with E-state index in [0.717, 1.165) is 11.3 Å². The minimum absolute atomic E-state index is 0.0528. The maximum Gasteiger partial charge on any atom is 0.195 e. The highest BCUT2D eigenvalue weighted by Crippen LogP contribution is 2.38. The normalized spacial score (nSPS) is 11.2. The van der Waals surface area contributed by atoms with Crippen LogP contribution in [0.3, 0.4) is 0 Å². The van der Waals surface area contributed by atoms with Gasteiger partial charge in [-0.05, 0) is 48.1 Å². The highest BCUT2D eigenvalue weighted by molar-refractivity contribution is 7.98. The minimum Gasteiger partial charge on any atom is -0.508 e. The first kappa shape index (κ1) is 17.2. The van der Waals surface area contributed by atoms with Crippen LogP contribution in [-0.2, 0) is 0 Å². The average Bonchev–Trinajstić information content (AvgIpc) is 2.99. The van der Waals surface area contributed by atoms with Crippen molar-refractivity contribution in [1.82, 2.24) is 14.8 Å². The molecule has 2 aromatic carbocycles. The number of hydrogen-bond acceptors (Lipinski definition) is 6. The highest BCUT2D eigenvalue weighted by atomic mass is 32.2. The van der Waals surface area contributed by atoms with Gasteiger partial charge in [-0.15, -0.1) is 10.2 Å². The van der Waals surface area contributed by atoms with Gasteiger partial charge in [-0.2, -0.15) is 0 Å². The molecule has 0 aliphatic carbocycles. The Kier molecular flexibility index (Phi) is 4.59. The summed E-state index contributed by atoms with van der Waals surface area (Å²) in [5.41, 5.74) is 1.97. The Balaban J connectivity index is 2.24. The topological polar surface area (TPSA) is 91.4 Å². The molecular formula is C18H19N3O3S. The number of hydrogen-bond donors (Lipinski definition) is 3. The van der Waals surface area contributed by atoms with Gasteiger partial charge in [0, 0.05) is 6.07 Å². The number of benzene rings is 2. The van der Waals surface area contributed by atoms with Crippen LogP contribution in [0.4, 0.5) is 0 Å². The highest BCUT2D eigenvalue weighted by Gasteiger charge is 2.20. The molecule has 3 rings (SSSR count). The Morgan fingerprint density at radius 2 is 1.64 bits per heavy atom. The van der Waals surface area contributed by atoms with E-state index in [1.54, 1.807) is 34.9 Å². The molecule has 0 radical (unpaired) electrons. The van der Waals surface area contributed by atoms with Crippen LogP contribution in [0.25, 0.3) is 17.1 Å². The lowest BCUT2D eigenvalue weighted by Gasteiger charge is -2.14. The first-order valence-corrected chi connectivity index (χ1v) is 9.00. The first-order chi connectivity index (χ1) is 11.9. The predicted octanol–water partition coefficient (Wildman–Crippen LogP) is 3.90. The summed E-state index contributed by atoms with van der Waals surface area (Å²) >= 11 is 1.43. The van der Waals surface area contributed by atoms with Gasteiger partial charge in [0.25, 0.3) is 0 Å². The number of phenolic OH excluding ortho intramolecular Hbond substituents is 3. The molecule has 1 aromatic heterocycles. The second-order valence-corrected chi connectivity index (χ2v) is 6.72. The third-order valence-corrected chi connectivity index (χ3v) is 4.56. The Labute approximate surface area is 149 Å². The second kappa shape index (κ2) is 6.68. The zero-order valence-electron chi connectivity index (χ0n) is 14.1. The van der Waals surface area contributed by atoms with Crippen molar-refractivity contribution in [2.75, 3.05) is 6.26 Å². The Bertz CT molecular complexity index is 905. The van der Waals surface area contributed by atoms with Crippen molar-refractivity contribution in [2.45, 2.75) is 24.9 Å². The van der Waals surface area contributed by atoms with E-state index in [4.69, 9.17) is 0 Å². The lowest BCUT2D eigenvalue weighted by molar-refractivity contribution is 0.444. The number of aromatic nitrogens is 3. The molecule has 0 amide bonds. The monoisotopic (exact) mass is 357 g/mol. The van der Waals surface area contributed by atoms with E-state index in [-0.39, 0.29) is 23.2 Å². The van der Waals surface area contributed by atoms with Gasteiger partial charge in [0.1, 0.15) is 17.2 Å². The van der Waals surface area contributed by atoms with E-state index in [1.807, 2.05) is 20.1 Å². The first-order valence-electron chi connectivity index (χ1n) is 7.77. The van der Waals surface area contributed by atoms with Gasteiger partial charge in [-0.1, -0.05) is 25.6 Å². The van der Waals surface area contributed by atoms with E-state index in [1.165, 1.54) is 17.8 Å². The minimum atomic E-state index is -0.0676. The maximum absolute atomic E-state index is 10.4. The number of phenols is 3. The third-order valence-electron chi connectivity index (χ3n) is 3.93. The number of nitrogens with zero attached hydrogens (tertiary/aromatic N) is 3. The lowest BCUT2D eigenvalue weighted by atomic mass is 9.98. The fourth-order valence-corrected chi connectivity index (χ4v) is 3.14. The van der Waals surface area contributed by atoms with Crippen LogP contribution in [0.1, 0.15) is 25.3 Å². The maximum atomic E-state index is 10.4. The van der Waals surface area contributed by atoms with Crippen LogP contribution in [0.2, 0.25) is 0 Å². The summed E-state index contributed by atoms with van der Waals surface area (Å²) in [5.74, 6) is 0.705. The van der Waals surface area contributed by atoms with Gasteiger partial charge in [-0.3, -0.25) is 4.57 Å². The van der Waals surface area contributed by atoms with E-state index in [0.29, 0.717) is 16.5 Å². The largest absolute Gasteiger partial charge is 0.508 e. The molecule has 0 fully saturated rings. The lowest BCUT2D eigenvalue weighted by Crippen LogP contribution is -2.00. The van der Waals surface area contributed by atoms with Crippen molar-refractivity contribution in [3.05, 3.63) is 42.0 Å². The zero-order chi connectivity index (χ0) is 18.1. The van der Waals surface area contributed by atoms with Gasteiger partial charge in [0.15, 0.2) is 11.0 Å². The molecule has 6 nitrogen and oxygen atoms in total. The zero-order valence-corrected chi connectivity index (χ0v) is 14.9. The van der Waals surface area contributed by atoms with Crippen LogP contribution in [0.5, 0.6) is 17.2 Å².